The first kappa shape index (κ1) is 22.6. The van der Waals surface area contributed by atoms with Crippen molar-refractivity contribution in [2.75, 3.05) is 31.2 Å². The second-order valence-electron chi connectivity index (χ2n) is 6.27. The summed E-state index contributed by atoms with van der Waals surface area (Å²) < 4.78 is 0. The molecule has 0 atom stereocenters. The van der Waals surface area contributed by atoms with Crippen LogP contribution in [-0.2, 0) is 9.59 Å². The number of unbranched alkanes of at least 4 members (excludes halogenated alkanes) is 1. The number of carbonyl (C=O) groups is 3. The number of imide groups is 2. The minimum absolute atomic E-state index is 0.105. The van der Waals surface area contributed by atoms with E-state index in [1.165, 1.54) is 5.56 Å². The zero-order chi connectivity index (χ0) is 20.2. The Bertz CT molecular complexity index is 592. The van der Waals surface area contributed by atoms with Gasteiger partial charge in [-0.2, -0.15) is 0 Å². The van der Waals surface area contributed by atoms with E-state index in [0.29, 0.717) is 19.5 Å². The highest BCUT2D eigenvalue weighted by molar-refractivity contribution is 6.16. The SMILES string of the molecule is CCCCC1C(=O)NC(=O)NC1=O.Cc1ccc(N(CCO)CCO)cc1. The highest BCUT2D eigenvalue weighted by Gasteiger charge is 2.33. The van der Waals surface area contributed by atoms with E-state index in [9.17, 15) is 14.4 Å². The molecule has 1 fully saturated rings. The van der Waals surface area contributed by atoms with Gasteiger partial charge in [-0.1, -0.05) is 37.5 Å². The van der Waals surface area contributed by atoms with Crippen LogP contribution in [0.2, 0.25) is 0 Å². The van der Waals surface area contributed by atoms with E-state index < -0.39 is 23.8 Å². The maximum absolute atomic E-state index is 11.1. The number of aliphatic hydroxyl groups is 2. The van der Waals surface area contributed by atoms with Crippen molar-refractivity contribution in [3.63, 3.8) is 0 Å². The van der Waals surface area contributed by atoms with Gasteiger partial charge in [0.2, 0.25) is 11.8 Å². The van der Waals surface area contributed by atoms with Gasteiger partial charge in [-0.15, -0.1) is 0 Å². The fourth-order valence-corrected chi connectivity index (χ4v) is 2.59. The smallest absolute Gasteiger partial charge is 0.328 e. The molecule has 4 amide bonds. The Morgan fingerprint density at radius 3 is 1.93 bits per heavy atom. The first-order chi connectivity index (χ1) is 12.9. The quantitative estimate of drug-likeness (QED) is 0.499. The number of nitrogens with one attached hydrogen (secondary N) is 2. The van der Waals surface area contributed by atoms with Crippen LogP contribution in [0.5, 0.6) is 0 Å². The van der Waals surface area contributed by atoms with Gasteiger partial charge in [0.05, 0.1) is 13.2 Å². The lowest BCUT2D eigenvalue weighted by atomic mass is 9.99. The zero-order valence-corrected chi connectivity index (χ0v) is 15.9. The molecule has 1 aliphatic heterocycles. The predicted molar refractivity (Wildman–Crippen MR) is 102 cm³/mol. The molecule has 1 aromatic carbocycles. The van der Waals surface area contributed by atoms with Crippen LogP contribution in [-0.4, -0.2) is 54.4 Å². The summed E-state index contributed by atoms with van der Waals surface area (Å²) in [5.74, 6) is -1.66. The number of anilines is 1. The largest absolute Gasteiger partial charge is 0.395 e. The maximum atomic E-state index is 11.1. The van der Waals surface area contributed by atoms with E-state index >= 15 is 0 Å². The van der Waals surface area contributed by atoms with Crippen LogP contribution < -0.4 is 15.5 Å². The van der Waals surface area contributed by atoms with Gasteiger partial charge in [0.25, 0.3) is 0 Å². The fourth-order valence-electron chi connectivity index (χ4n) is 2.59. The average Bonchev–Trinajstić information content (AvgIpc) is 2.62. The molecule has 0 saturated carbocycles. The molecule has 27 heavy (non-hydrogen) atoms. The van der Waals surface area contributed by atoms with Crippen LogP contribution in [0.3, 0.4) is 0 Å². The molecule has 150 valence electrons. The summed E-state index contributed by atoms with van der Waals surface area (Å²) in [5, 5.41) is 21.8. The molecule has 0 spiro atoms. The Labute approximate surface area is 159 Å². The Hall–Kier alpha value is -2.45. The van der Waals surface area contributed by atoms with Gasteiger partial charge in [-0.25, -0.2) is 4.79 Å². The summed E-state index contributed by atoms with van der Waals surface area (Å²) >= 11 is 0. The van der Waals surface area contributed by atoms with Crippen molar-refractivity contribution in [2.45, 2.75) is 33.1 Å². The van der Waals surface area contributed by atoms with Crippen molar-refractivity contribution in [3.8, 4) is 0 Å². The van der Waals surface area contributed by atoms with Gasteiger partial charge in [0.15, 0.2) is 0 Å². The molecule has 8 heteroatoms. The van der Waals surface area contributed by atoms with Crippen LogP contribution in [0.25, 0.3) is 0 Å². The first-order valence-electron chi connectivity index (χ1n) is 9.11. The van der Waals surface area contributed by atoms with Crippen molar-refractivity contribution in [1.82, 2.24) is 10.6 Å². The zero-order valence-electron chi connectivity index (χ0n) is 15.9. The monoisotopic (exact) mass is 379 g/mol. The third-order valence-electron chi connectivity index (χ3n) is 4.09. The van der Waals surface area contributed by atoms with E-state index in [-0.39, 0.29) is 13.2 Å². The summed E-state index contributed by atoms with van der Waals surface area (Å²) in [6.45, 7) is 5.34. The van der Waals surface area contributed by atoms with Crippen molar-refractivity contribution < 1.29 is 24.6 Å². The molecule has 1 aliphatic rings. The summed E-state index contributed by atoms with van der Waals surface area (Å²) in [5.41, 5.74) is 2.25. The third-order valence-corrected chi connectivity index (χ3v) is 4.09. The number of barbiturate groups is 1. The van der Waals surface area contributed by atoms with Crippen LogP contribution in [0, 0.1) is 12.8 Å². The Balaban J connectivity index is 0.000000271. The molecule has 0 aliphatic carbocycles. The van der Waals surface area contributed by atoms with E-state index in [1.54, 1.807) is 0 Å². The fraction of sp³-hybridized carbons (Fsp3) is 0.526. The first-order valence-corrected chi connectivity index (χ1v) is 9.11. The molecule has 0 radical (unpaired) electrons. The number of benzene rings is 1. The Morgan fingerprint density at radius 2 is 1.48 bits per heavy atom. The molecule has 2 rings (SSSR count). The number of amides is 4. The number of carbonyl (C=O) groups excluding carboxylic acids is 3. The number of rotatable bonds is 8. The van der Waals surface area contributed by atoms with E-state index in [1.807, 2.05) is 43.0 Å². The minimum atomic E-state index is -0.720. The standard InChI is InChI=1S/C11H17NO2.C8H12N2O3/c1-10-2-4-11(5-3-10)12(6-8-13)7-9-14;1-2-3-4-5-6(11)9-8(13)10-7(5)12/h2-5,13-14H,6-9H2,1H3;5H,2-4H2,1H3,(H2,9,10,11,12,13). The Kier molecular flexibility index (Phi) is 10.1. The third kappa shape index (κ3) is 7.76. The number of urea groups is 1. The number of hydrogen-bond donors (Lipinski definition) is 4. The molecular weight excluding hydrogens is 350 g/mol. The highest BCUT2D eigenvalue weighted by Crippen LogP contribution is 2.14. The van der Waals surface area contributed by atoms with Crippen molar-refractivity contribution >= 4 is 23.5 Å². The number of aliphatic hydroxyl groups excluding tert-OH is 2. The number of aryl methyl sites for hydroxylation is 1. The Morgan fingerprint density at radius 1 is 0.963 bits per heavy atom. The molecule has 4 N–H and O–H groups in total. The molecule has 1 aromatic rings. The lowest BCUT2D eigenvalue weighted by Crippen LogP contribution is -2.55. The van der Waals surface area contributed by atoms with Crippen LogP contribution in [0.15, 0.2) is 24.3 Å². The lowest BCUT2D eigenvalue weighted by Gasteiger charge is -2.22. The summed E-state index contributed by atoms with van der Waals surface area (Å²) in [6, 6.07) is 7.33. The summed E-state index contributed by atoms with van der Waals surface area (Å²) in [6.07, 6.45) is 2.23. The molecule has 0 bridgehead atoms. The molecular formula is C19H29N3O5. The second kappa shape index (κ2) is 12.0. The molecule has 1 heterocycles. The predicted octanol–water partition coefficient (Wildman–Crippen LogP) is 0.945. The van der Waals surface area contributed by atoms with Gasteiger partial charge in [-0.3, -0.25) is 20.2 Å². The average molecular weight is 379 g/mol. The van der Waals surface area contributed by atoms with Crippen molar-refractivity contribution in [3.05, 3.63) is 29.8 Å². The minimum Gasteiger partial charge on any atom is -0.395 e. The van der Waals surface area contributed by atoms with E-state index in [2.05, 4.69) is 10.6 Å². The molecule has 0 unspecified atom stereocenters. The van der Waals surface area contributed by atoms with Gasteiger partial charge in [0, 0.05) is 18.8 Å². The number of nitrogens with zero attached hydrogens (tertiary/aromatic N) is 1. The molecule has 1 saturated heterocycles. The van der Waals surface area contributed by atoms with Crippen LogP contribution in [0.1, 0.15) is 31.7 Å². The number of hydrogen-bond acceptors (Lipinski definition) is 6. The topological polar surface area (TPSA) is 119 Å². The van der Waals surface area contributed by atoms with Gasteiger partial charge in [-0.05, 0) is 25.5 Å². The van der Waals surface area contributed by atoms with Crippen molar-refractivity contribution in [1.29, 1.82) is 0 Å². The van der Waals surface area contributed by atoms with Crippen LogP contribution in [0.4, 0.5) is 10.5 Å². The van der Waals surface area contributed by atoms with Crippen LogP contribution >= 0.6 is 0 Å². The maximum Gasteiger partial charge on any atom is 0.328 e. The lowest BCUT2D eigenvalue weighted by molar-refractivity contribution is -0.136. The van der Waals surface area contributed by atoms with Gasteiger partial charge < -0.3 is 15.1 Å². The van der Waals surface area contributed by atoms with Crippen molar-refractivity contribution in [2.24, 2.45) is 5.92 Å². The normalized spacial score (nSPS) is 14.1. The summed E-state index contributed by atoms with van der Waals surface area (Å²) in [7, 11) is 0. The van der Waals surface area contributed by atoms with Gasteiger partial charge >= 0.3 is 6.03 Å². The van der Waals surface area contributed by atoms with E-state index in [0.717, 1.165) is 18.5 Å². The van der Waals surface area contributed by atoms with E-state index in [4.69, 9.17) is 10.2 Å². The highest BCUT2D eigenvalue weighted by atomic mass is 16.3. The van der Waals surface area contributed by atoms with Gasteiger partial charge in [0.1, 0.15) is 5.92 Å². The molecule has 8 nitrogen and oxygen atoms in total. The second-order valence-corrected chi connectivity index (χ2v) is 6.27. The molecule has 0 aromatic heterocycles. The summed E-state index contributed by atoms with van der Waals surface area (Å²) in [4.78, 5) is 34.9.